The number of benzene rings is 2. The van der Waals surface area contributed by atoms with E-state index in [1.165, 1.54) is 21.7 Å². The molecule has 26 heavy (non-hydrogen) atoms. The van der Waals surface area contributed by atoms with Gasteiger partial charge in [-0.15, -0.1) is 0 Å². The third-order valence-corrected chi connectivity index (χ3v) is 5.15. The summed E-state index contributed by atoms with van der Waals surface area (Å²) in [4.78, 5) is 4.73. The first-order valence-electron chi connectivity index (χ1n) is 8.28. The number of pyridine rings is 1. The predicted molar refractivity (Wildman–Crippen MR) is 118 cm³/mol. The van der Waals surface area contributed by atoms with Gasteiger partial charge < -0.3 is 0 Å². The number of hydrogen-bond acceptors (Lipinski definition) is 1. The SMILES string of the molecule is C=C(Br)/C=C\C=C(\Br)Cc1cnc2c3ccccc3c3ccccc3n12. The molecular formula is C22H16Br2N2. The van der Waals surface area contributed by atoms with Gasteiger partial charge in [0, 0.05) is 38.0 Å². The highest BCUT2D eigenvalue weighted by atomic mass is 79.9. The highest BCUT2D eigenvalue weighted by Gasteiger charge is 2.12. The maximum absolute atomic E-state index is 4.73. The van der Waals surface area contributed by atoms with Crippen LogP contribution in [0, 0.1) is 0 Å². The molecule has 0 aliphatic rings. The van der Waals surface area contributed by atoms with Crippen LogP contribution in [0.5, 0.6) is 0 Å². The van der Waals surface area contributed by atoms with Crippen molar-refractivity contribution in [3.05, 3.63) is 94.2 Å². The Morgan fingerprint density at radius 2 is 1.69 bits per heavy atom. The van der Waals surface area contributed by atoms with E-state index in [-0.39, 0.29) is 0 Å². The first-order chi connectivity index (χ1) is 12.6. The van der Waals surface area contributed by atoms with Gasteiger partial charge in [0.05, 0.1) is 5.52 Å². The van der Waals surface area contributed by atoms with Gasteiger partial charge in [0.25, 0.3) is 0 Å². The maximum Gasteiger partial charge on any atom is 0.145 e. The molecule has 0 aliphatic heterocycles. The topological polar surface area (TPSA) is 17.3 Å². The quantitative estimate of drug-likeness (QED) is 0.235. The molecule has 2 aromatic heterocycles. The van der Waals surface area contributed by atoms with Gasteiger partial charge in [0.15, 0.2) is 0 Å². The van der Waals surface area contributed by atoms with Gasteiger partial charge in [-0.3, -0.25) is 4.40 Å². The van der Waals surface area contributed by atoms with Crippen molar-refractivity contribution in [2.75, 3.05) is 0 Å². The van der Waals surface area contributed by atoms with Crippen molar-refractivity contribution >= 4 is 59.2 Å². The van der Waals surface area contributed by atoms with Crippen molar-refractivity contribution in [2.24, 2.45) is 0 Å². The Balaban J connectivity index is 1.92. The number of rotatable bonds is 4. The molecule has 0 spiro atoms. The second-order valence-corrected chi connectivity index (χ2v) is 8.10. The van der Waals surface area contributed by atoms with Crippen LogP contribution in [0.2, 0.25) is 0 Å². The molecule has 0 saturated carbocycles. The molecule has 0 bridgehead atoms. The molecule has 2 aromatic carbocycles. The first-order valence-corrected chi connectivity index (χ1v) is 9.86. The van der Waals surface area contributed by atoms with E-state index in [4.69, 9.17) is 4.98 Å². The summed E-state index contributed by atoms with van der Waals surface area (Å²) < 4.78 is 4.20. The van der Waals surface area contributed by atoms with Gasteiger partial charge in [-0.25, -0.2) is 4.98 Å². The Morgan fingerprint density at radius 1 is 1.00 bits per heavy atom. The summed E-state index contributed by atoms with van der Waals surface area (Å²) in [6.45, 7) is 3.80. The third kappa shape index (κ3) is 3.15. The minimum absolute atomic E-state index is 0.766. The predicted octanol–water partition coefficient (Wildman–Crippen LogP) is 6.93. The van der Waals surface area contributed by atoms with E-state index >= 15 is 0 Å². The monoisotopic (exact) mass is 466 g/mol. The number of aromatic nitrogens is 2. The van der Waals surface area contributed by atoms with Gasteiger partial charge in [-0.1, -0.05) is 93.1 Å². The van der Waals surface area contributed by atoms with Crippen molar-refractivity contribution < 1.29 is 0 Å². The fraction of sp³-hybridized carbons (Fsp3) is 0.0455. The maximum atomic E-state index is 4.73. The minimum Gasteiger partial charge on any atom is -0.296 e. The lowest BCUT2D eigenvalue weighted by Gasteiger charge is -2.10. The van der Waals surface area contributed by atoms with Crippen LogP contribution < -0.4 is 0 Å². The van der Waals surface area contributed by atoms with E-state index in [0.717, 1.165) is 26.7 Å². The molecule has 2 heterocycles. The van der Waals surface area contributed by atoms with Gasteiger partial charge >= 0.3 is 0 Å². The minimum atomic E-state index is 0.766. The van der Waals surface area contributed by atoms with Gasteiger partial charge in [-0.05, 0) is 17.5 Å². The standard InChI is InChI=1S/C22H16Br2N2/c1-15(23)7-6-8-16(24)13-17-14-25-22-20-11-3-2-9-18(20)19-10-4-5-12-21(19)26(17)22/h2-12,14H,1,13H2/b7-6-,16-8+. The van der Waals surface area contributed by atoms with Crippen LogP contribution in [0.1, 0.15) is 5.69 Å². The summed E-state index contributed by atoms with van der Waals surface area (Å²) in [6, 6.07) is 17.0. The number of hydrogen-bond donors (Lipinski definition) is 0. The molecule has 0 aliphatic carbocycles. The number of para-hydroxylation sites is 1. The molecule has 0 fully saturated rings. The lowest BCUT2D eigenvalue weighted by atomic mass is 10.1. The molecule has 0 atom stereocenters. The van der Waals surface area contributed by atoms with Crippen LogP contribution >= 0.6 is 31.9 Å². The van der Waals surface area contributed by atoms with Crippen LogP contribution in [0.25, 0.3) is 27.3 Å². The summed E-state index contributed by atoms with van der Waals surface area (Å²) in [7, 11) is 0. The van der Waals surface area contributed by atoms with Crippen LogP contribution in [-0.2, 0) is 6.42 Å². The van der Waals surface area contributed by atoms with Gasteiger partial charge in [0.1, 0.15) is 5.65 Å². The molecule has 128 valence electrons. The third-order valence-electron chi connectivity index (χ3n) is 4.34. The summed E-state index contributed by atoms with van der Waals surface area (Å²) in [5.41, 5.74) is 3.33. The zero-order valence-corrected chi connectivity index (χ0v) is 17.2. The average molecular weight is 468 g/mol. The lowest BCUT2D eigenvalue weighted by molar-refractivity contribution is 1.08. The lowest BCUT2D eigenvalue weighted by Crippen LogP contribution is -1.96. The number of fused-ring (bicyclic) bond motifs is 6. The van der Waals surface area contributed by atoms with Gasteiger partial charge in [-0.2, -0.15) is 0 Å². The Bertz CT molecular complexity index is 1200. The normalized spacial score (nSPS) is 12.6. The molecule has 0 radical (unpaired) electrons. The second kappa shape index (κ2) is 7.22. The number of imidazole rings is 1. The Kier molecular flexibility index (Phi) is 4.79. The molecule has 4 rings (SSSR count). The van der Waals surface area contributed by atoms with Crippen molar-refractivity contribution in [3.63, 3.8) is 0 Å². The zero-order chi connectivity index (χ0) is 18.1. The van der Waals surface area contributed by atoms with Crippen LogP contribution in [0.15, 0.2) is 88.5 Å². The number of nitrogens with zero attached hydrogens (tertiary/aromatic N) is 2. The van der Waals surface area contributed by atoms with Crippen LogP contribution in [-0.4, -0.2) is 9.38 Å². The molecule has 0 saturated heterocycles. The van der Waals surface area contributed by atoms with E-state index in [2.05, 4.69) is 91.4 Å². The van der Waals surface area contributed by atoms with Gasteiger partial charge in [0.2, 0.25) is 0 Å². The van der Waals surface area contributed by atoms with Crippen LogP contribution in [0.4, 0.5) is 0 Å². The summed E-state index contributed by atoms with van der Waals surface area (Å²) in [5.74, 6) is 0. The Hall–Kier alpha value is -2.17. The van der Waals surface area contributed by atoms with E-state index in [9.17, 15) is 0 Å². The summed E-state index contributed by atoms with van der Waals surface area (Å²) in [6.07, 6.45) is 8.66. The highest BCUT2D eigenvalue weighted by Crippen LogP contribution is 2.30. The first kappa shape index (κ1) is 17.3. The van der Waals surface area contributed by atoms with E-state index < -0.39 is 0 Å². The van der Waals surface area contributed by atoms with Crippen molar-refractivity contribution in [3.8, 4) is 0 Å². The zero-order valence-electron chi connectivity index (χ0n) is 14.0. The molecule has 2 nitrogen and oxygen atoms in total. The van der Waals surface area contributed by atoms with Crippen LogP contribution in [0.3, 0.4) is 0 Å². The molecule has 4 aromatic rings. The molecule has 0 N–H and O–H groups in total. The fourth-order valence-electron chi connectivity index (χ4n) is 3.27. The number of halogens is 2. The number of allylic oxidation sites excluding steroid dienone is 5. The molecule has 4 heteroatoms. The fourth-order valence-corrected chi connectivity index (χ4v) is 3.86. The Labute approximate surface area is 168 Å². The largest absolute Gasteiger partial charge is 0.296 e. The van der Waals surface area contributed by atoms with Crippen molar-refractivity contribution in [1.29, 1.82) is 0 Å². The average Bonchev–Trinajstić information content (AvgIpc) is 3.06. The van der Waals surface area contributed by atoms with Crippen molar-refractivity contribution in [1.82, 2.24) is 9.38 Å². The molecule has 0 amide bonds. The highest BCUT2D eigenvalue weighted by molar-refractivity contribution is 9.12. The van der Waals surface area contributed by atoms with E-state index in [0.29, 0.717) is 0 Å². The molecule has 0 unspecified atom stereocenters. The molecular weight excluding hydrogens is 452 g/mol. The van der Waals surface area contributed by atoms with E-state index in [1.54, 1.807) is 0 Å². The van der Waals surface area contributed by atoms with Crippen molar-refractivity contribution in [2.45, 2.75) is 6.42 Å². The smallest absolute Gasteiger partial charge is 0.145 e. The second-order valence-electron chi connectivity index (χ2n) is 6.07. The summed E-state index contributed by atoms with van der Waals surface area (Å²) in [5, 5.41) is 3.65. The van der Waals surface area contributed by atoms with E-state index in [1.807, 2.05) is 24.4 Å². The Morgan fingerprint density at radius 3 is 2.46 bits per heavy atom. The summed E-state index contributed by atoms with van der Waals surface area (Å²) >= 11 is 7.00.